The van der Waals surface area contributed by atoms with Gasteiger partial charge in [-0.15, -0.1) is 0 Å². The lowest BCUT2D eigenvalue weighted by molar-refractivity contribution is -0.122. The molecular weight excluding hydrogens is 342 g/mol. The van der Waals surface area contributed by atoms with Crippen molar-refractivity contribution in [2.24, 2.45) is 0 Å². The second kappa shape index (κ2) is 9.16. The van der Waals surface area contributed by atoms with Crippen molar-refractivity contribution in [3.8, 4) is 0 Å². The maximum absolute atomic E-state index is 12.5. The first-order valence-electron chi connectivity index (χ1n) is 8.93. The zero-order chi connectivity index (χ0) is 19.9. The predicted molar refractivity (Wildman–Crippen MR) is 104 cm³/mol. The minimum atomic E-state index is -0.604. The van der Waals surface area contributed by atoms with Crippen molar-refractivity contribution in [2.45, 2.75) is 38.8 Å². The first-order chi connectivity index (χ1) is 12.7. The third kappa shape index (κ3) is 7.09. The molecule has 1 N–H and O–H groups in total. The van der Waals surface area contributed by atoms with Crippen molar-refractivity contribution in [1.29, 1.82) is 0 Å². The van der Waals surface area contributed by atoms with Crippen LogP contribution in [0.5, 0.6) is 0 Å². The van der Waals surface area contributed by atoms with Crippen LogP contribution in [0.1, 0.15) is 38.1 Å². The molecule has 1 aromatic heterocycles. The Morgan fingerprint density at radius 2 is 1.78 bits per heavy atom. The molecule has 6 heteroatoms. The number of ether oxygens (including phenoxy) is 1. The van der Waals surface area contributed by atoms with Crippen LogP contribution in [0.3, 0.4) is 0 Å². The van der Waals surface area contributed by atoms with Gasteiger partial charge in [-0.2, -0.15) is 0 Å². The van der Waals surface area contributed by atoms with Crippen LogP contribution in [0.2, 0.25) is 0 Å². The molecule has 0 saturated carbocycles. The zero-order valence-corrected chi connectivity index (χ0v) is 16.3. The molecule has 0 fully saturated rings. The summed E-state index contributed by atoms with van der Waals surface area (Å²) in [7, 11) is 1.55. The van der Waals surface area contributed by atoms with Gasteiger partial charge in [0.1, 0.15) is 12.1 Å². The lowest BCUT2D eigenvalue weighted by atomic mass is 10.0. The molecule has 0 aliphatic heterocycles. The van der Waals surface area contributed by atoms with E-state index in [1.54, 1.807) is 34.0 Å². The summed E-state index contributed by atoms with van der Waals surface area (Å²) >= 11 is 0. The van der Waals surface area contributed by atoms with E-state index in [4.69, 9.17) is 4.74 Å². The summed E-state index contributed by atoms with van der Waals surface area (Å²) in [6, 6.07) is 15.2. The fraction of sp³-hybridized carbons (Fsp3) is 0.381. The third-order valence-electron chi connectivity index (χ3n) is 3.76. The van der Waals surface area contributed by atoms with Gasteiger partial charge in [0.05, 0.1) is 6.04 Å². The Morgan fingerprint density at radius 1 is 1.11 bits per heavy atom. The van der Waals surface area contributed by atoms with Gasteiger partial charge in [0.25, 0.3) is 0 Å². The molecule has 1 unspecified atom stereocenters. The lowest BCUT2D eigenvalue weighted by Crippen LogP contribution is -2.42. The molecule has 0 radical (unpaired) electrons. The largest absolute Gasteiger partial charge is 0.444 e. The topological polar surface area (TPSA) is 71.5 Å². The average Bonchev–Trinajstić information content (AvgIpc) is 2.61. The summed E-state index contributed by atoms with van der Waals surface area (Å²) in [6.07, 6.45) is 1.76. The van der Waals surface area contributed by atoms with E-state index in [0.29, 0.717) is 6.42 Å². The molecule has 0 aliphatic rings. The van der Waals surface area contributed by atoms with E-state index in [1.807, 2.05) is 48.5 Å². The SMILES string of the molecule is CN(CC(=O)NC(Cc1ccccn1)c1ccccc1)C(=O)OC(C)(C)C. The molecular formula is C21H27N3O3. The summed E-state index contributed by atoms with van der Waals surface area (Å²) in [4.78, 5) is 30.2. The molecule has 0 bridgehead atoms. The number of rotatable bonds is 6. The number of aromatic nitrogens is 1. The van der Waals surface area contributed by atoms with Crippen molar-refractivity contribution >= 4 is 12.0 Å². The Kier molecular flexibility index (Phi) is 6.93. The van der Waals surface area contributed by atoms with Crippen molar-refractivity contribution in [3.05, 3.63) is 66.0 Å². The molecule has 0 saturated heterocycles. The van der Waals surface area contributed by atoms with Crippen LogP contribution in [0.25, 0.3) is 0 Å². The van der Waals surface area contributed by atoms with Crippen LogP contribution in [-0.4, -0.2) is 41.1 Å². The minimum absolute atomic E-state index is 0.0829. The van der Waals surface area contributed by atoms with E-state index in [0.717, 1.165) is 11.3 Å². The first-order valence-corrected chi connectivity index (χ1v) is 8.93. The maximum Gasteiger partial charge on any atom is 0.410 e. The van der Waals surface area contributed by atoms with E-state index < -0.39 is 11.7 Å². The van der Waals surface area contributed by atoms with Gasteiger partial charge >= 0.3 is 6.09 Å². The van der Waals surface area contributed by atoms with Gasteiger partial charge in [-0.1, -0.05) is 36.4 Å². The minimum Gasteiger partial charge on any atom is -0.444 e. The fourth-order valence-electron chi connectivity index (χ4n) is 2.53. The summed E-state index contributed by atoms with van der Waals surface area (Å²) in [5.74, 6) is -0.256. The van der Waals surface area contributed by atoms with Crippen molar-refractivity contribution in [3.63, 3.8) is 0 Å². The van der Waals surface area contributed by atoms with Crippen LogP contribution in [0.15, 0.2) is 54.7 Å². The molecule has 1 heterocycles. The Hall–Kier alpha value is -2.89. The van der Waals surface area contributed by atoms with E-state index >= 15 is 0 Å². The number of pyridine rings is 1. The number of likely N-dealkylation sites (N-methyl/N-ethyl adjacent to an activating group) is 1. The number of benzene rings is 1. The molecule has 6 nitrogen and oxygen atoms in total. The quantitative estimate of drug-likeness (QED) is 0.848. The van der Waals surface area contributed by atoms with Crippen molar-refractivity contribution in [1.82, 2.24) is 15.2 Å². The van der Waals surface area contributed by atoms with E-state index in [1.165, 1.54) is 4.90 Å². The van der Waals surface area contributed by atoms with E-state index in [2.05, 4.69) is 10.3 Å². The van der Waals surface area contributed by atoms with Gasteiger partial charge in [0.2, 0.25) is 5.91 Å². The Morgan fingerprint density at radius 3 is 2.37 bits per heavy atom. The number of nitrogens with zero attached hydrogens (tertiary/aromatic N) is 2. The first kappa shape index (κ1) is 20.4. The smallest absolute Gasteiger partial charge is 0.410 e. The lowest BCUT2D eigenvalue weighted by Gasteiger charge is -2.25. The van der Waals surface area contributed by atoms with Crippen LogP contribution < -0.4 is 5.32 Å². The van der Waals surface area contributed by atoms with Crippen LogP contribution in [-0.2, 0) is 16.0 Å². The molecule has 1 atom stereocenters. The summed E-state index contributed by atoms with van der Waals surface area (Å²) in [5.41, 5.74) is 1.26. The van der Waals surface area contributed by atoms with Gasteiger partial charge in [-0.25, -0.2) is 4.79 Å². The molecule has 2 aromatic rings. The molecule has 2 rings (SSSR count). The Labute approximate surface area is 160 Å². The van der Waals surface area contributed by atoms with Crippen molar-refractivity contribution < 1.29 is 14.3 Å². The van der Waals surface area contributed by atoms with E-state index in [-0.39, 0.29) is 18.5 Å². The van der Waals surface area contributed by atoms with E-state index in [9.17, 15) is 9.59 Å². The molecule has 2 amide bonds. The van der Waals surface area contributed by atoms with Gasteiger partial charge in [0, 0.05) is 25.4 Å². The highest BCUT2D eigenvalue weighted by Crippen LogP contribution is 2.17. The molecule has 1 aromatic carbocycles. The maximum atomic E-state index is 12.5. The molecule has 0 aliphatic carbocycles. The predicted octanol–water partition coefficient (Wildman–Crippen LogP) is 3.35. The fourth-order valence-corrected chi connectivity index (χ4v) is 2.53. The Bertz CT molecular complexity index is 742. The average molecular weight is 369 g/mol. The number of hydrogen-bond acceptors (Lipinski definition) is 4. The molecule has 0 spiro atoms. The standard InChI is InChI=1S/C21H27N3O3/c1-21(2,3)27-20(26)24(4)15-19(25)23-18(16-10-6-5-7-11-16)14-17-12-8-9-13-22-17/h5-13,18H,14-15H2,1-4H3,(H,23,25). The zero-order valence-electron chi connectivity index (χ0n) is 16.3. The molecule has 27 heavy (non-hydrogen) atoms. The summed E-state index contributed by atoms with van der Waals surface area (Å²) in [5, 5.41) is 3.00. The normalized spacial score (nSPS) is 12.1. The summed E-state index contributed by atoms with van der Waals surface area (Å²) in [6.45, 7) is 5.28. The number of nitrogens with one attached hydrogen (secondary N) is 1. The molecule has 144 valence electrons. The van der Waals surface area contributed by atoms with Crippen LogP contribution in [0, 0.1) is 0 Å². The van der Waals surface area contributed by atoms with Gasteiger partial charge in [-0.3, -0.25) is 9.78 Å². The second-order valence-electron chi connectivity index (χ2n) is 7.39. The third-order valence-corrected chi connectivity index (χ3v) is 3.76. The van der Waals surface area contributed by atoms with Crippen LogP contribution >= 0.6 is 0 Å². The van der Waals surface area contributed by atoms with Crippen LogP contribution in [0.4, 0.5) is 4.79 Å². The summed E-state index contributed by atoms with van der Waals surface area (Å²) < 4.78 is 5.28. The van der Waals surface area contributed by atoms with Gasteiger partial charge in [0.15, 0.2) is 0 Å². The monoisotopic (exact) mass is 369 g/mol. The second-order valence-corrected chi connectivity index (χ2v) is 7.39. The number of hydrogen-bond donors (Lipinski definition) is 1. The van der Waals surface area contributed by atoms with Gasteiger partial charge in [-0.05, 0) is 38.5 Å². The number of carbonyl (C=O) groups excluding carboxylic acids is 2. The highest BCUT2D eigenvalue weighted by atomic mass is 16.6. The van der Waals surface area contributed by atoms with Crippen molar-refractivity contribution in [2.75, 3.05) is 13.6 Å². The highest BCUT2D eigenvalue weighted by molar-refractivity contribution is 5.82. The Balaban J connectivity index is 2.04. The highest BCUT2D eigenvalue weighted by Gasteiger charge is 2.22. The van der Waals surface area contributed by atoms with Gasteiger partial charge < -0.3 is 15.0 Å². The number of amides is 2. The number of carbonyl (C=O) groups is 2.